The highest BCUT2D eigenvalue weighted by molar-refractivity contribution is 5.96. The van der Waals surface area contributed by atoms with E-state index < -0.39 is 5.97 Å². The molecule has 1 amide bonds. The van der Waals surface area contributed by atoms with Gasteiger partial charge in [-0.25, -0.2) is 9.78 Å². The van der Waals surface area contributed by atoms with E-state index >= 15 is 0 Å². The summed E-state index contributed by atoms with van der Waals surface area (Å²) in [5.74, 6) is -0.0625. The first-order chi connectivity index (χ1) is 9.32. The highest BCUT2D eigenvalue weighted by atomic mass is 16.4. The van der Waals surface area contributed by atoms with Gasteiger partial charge in [0.25, 0.3) is 5.91 Å². The molecule has 0 aliphatic carbocycles. The molecule has 2 N–H and O–H groups in total. The molecule has 5 nitrogen and oxygen atoms in total. The third-order valence-corrected chi connectivity index (χ3v) is 3.45. The molecule has 1 aromatic heterocycles. The van der Waals surface area contributed by atoms with E-state index in [1.807, 2.05) is 0 Å². The number of carboxylic acids is 1. The first-order valence-corrected chi connectivity index (χ1v) is 6.80. The zero-order valence-corrected chi connectivity index (χ0v) is 12.4. The van der Waals surface area contributed by atoms with Gasteiger partial charge in [-0.05, 0) is 29.9 Å². The van der Waals surface area contributed by atoms with Gasteiger partial charge in [-0.2, -0.15) is 0 Å². The van der Waals surface area contributed by atoms with Gasteiger partial charge in [-0.3, -0.25) is 4.79 Å². The van der Waals surface area contributed by atoms with Gasteiger partial charge in [0.2, 0.25) is 0 Å². The molecule has 0 aromatic carbocycles. The number of rotatable bonds is 6. The summed E-state index contributed by atoms with van der Waals surface area (Å²) in [4.78, 5) is 26.6. The second-order valence-electron chi connectivity index (χ2n) is 5.60. The molecule has 1 aromatic rings. The molecule has 0 aliphatic heterocycles. The molecule has 0 radical (unpaired) electrons. The van der Waals surface area contributed by atoms with Crippen molar-refractivity contribution in [3.8, 4) is 0 Å². The van der Waals surface area contributed by atoms with Gasteiger partial charge in [0.1, 0.15) is 5.69 Å². The molecule has 0 saturated carbocycles. The van der Waals surface area contributed by atoms with Crippen LogP contribution in [0.5, 0.6) is 0 Å². The van der Waals surface area contributed by atoms with Gasteiger partial charge in [0.15, 0.2) is 0 Å². The van der Waals surface area contributed by atoms with Crippen molar-refractivity contribution in [3.63, 3.8) is 0 Å². The second-order valence-corrected chi connectivity index (χ2v) is 5.60. The minimum absolute atomic E-state index is 0.123. The van der Waals surface area contributed by atoms with Gasteiger partial charge in [0, 0.05) is 18.3 Å². The highest BCUT2D eigenvalue weighted by Gasteiger charge is 2.19. The van der Waals surface area contributed by atoms with Gasteiger partial charge in [0.05, 0.1) is 0 Å². The summed E-state index contributed by atoms with van der Waals surface area (Å²) in [5.41, 5.74) is 0.200. The molecular formula is C15H22N2O3. The fraction of sp³-hybridized carbons (Fsp3) is 0.533. The Morgan fingerprint density at radius 2 is 1.85 bits per heavy atom. The summed E-state index contributed by atoms with van der Waals surface area (Å²) in [7, 11) is 0. The molecule has 0 atom stereocenters. The van der Waals surface area contributed by atoms with E-state index in [4.69, 9.17) is 5.11 Å². The number of hydrogen-bond donors (Lipinski definition) is 2. The third-order valence-electron chi connectivity index (χ3n) is 3.45. The fourth-order valence-corrected chi connectivity index (χ4v) is 2.24. The van der Waals surface area contributed by atoms with Crippen LogP contribution in [0.25, 0.3) is 0 Å². The van der Waals surface area contributed by atoms with Gasteiger partial charge < -0.3 is 10.4 Å². The fourth-order valence-electron chi connectivity index (χ4n) is 2.24. The summed E-state index contributed by atoms with van der Waals surface area (Å²) < 4.78 is 0. The van der Waals surface area contributed by atoms with Crippen LogP contribution in [0, 0.1) is 17.8 Å². The molecular weight excluding hydrogens is 256 g/mol. The smallest absolute Gasteiger partial charge is 0.354 e. The van der Waals surface area contributed by atoms with Crippen LogP contribution in [-0.2, 0) is 0 Å². The van der Waals surface area contributed by atoms with E-state index in [0.29, 0.717) is 29.9 Å². The maximum atomic E-state index is 12.0. The number of amides is 1. The van der Waals surface area contributed by atoms with Crippen LogP contribution < -0.4 is 5.32 Å². The maximum Gasteiger partial charge on any atom is 0.354 e. The van der Waals surface area contributed by atoms with Crippen molar-refractivity contribution in [3.05, 3.63) is 29.6 Å². The highest BCUT2D eigenvalue weighted by Crippen LogP contribution is 2.19. The van der Waals surface area contributed by atoms with Crippen LogP contribution in [0.2, 0.25) is 0 Å². The van der Waals surface area contributed by atoms with Crippen molar-refractivity contribution in [1.82, 2.24) is 10.3 Å². The third kappa shape index (κ3) is 4.33. The number of carbonyl (C=O) groups is 2. The molecule has 0 unspecified atom stereocenters. The minimum Gasteiger partial charge on any atom is -0.477 e. The van der Waals surface area contributed by atoms with Crippen molar-refractivity contribution >= 4 is 11.9 Å². The number of aromatic carboxylic acids is 1. The number of nitrogens with one attached hydrogen (secondary N) is 1. The first-order valence-electron chi connectivity index (χ1n) is 6.80. The molecule has 5 heteroatoms. The molecule has 0 fully saturated rings. The number of carboxylic acid groups (broad SMARTS) is 1. The van der Waals surface area contributed by atoms with E-state index in [1.165, 1.54) is 18.3 Å². The lowest BCUT2D eigenvalue weighted by Gasteiger charge is -2.25. The monoisotopic (exact) mass is 278 g/mol. The Kier molecular flexibility index (Phi) is 5.67. The Morgan fingerprint density at radius 3 is 2.35 bits per heavy atom. The quantitative estimate of drug-likeness (QED) is 0.837. The lowest BCUT2D eigenvalue weighted by Crippen LogP contribution is -2.34. The van der Waals surface area contributed by atoms with E-state index in [2.05, 4.69) is 38.0 Å². The van der Waals surface area contributed by atoms with Crippen molar-refractivity contribution in [1.29, 1.82) is 0 Å². The van der Waals surface area contributed by atoms with Gasteiger partial charge >= 0.3 is 5.97 Å². The van der Waals surface area contributed by atoms with E-state index in [1.54, 1.807) is 0 Å². The Morgan fingerprint density at radius 1 is 1.25 bits per heavy atom. The van der Waals surface area contributed by atoms with Crippen molar-refractivity contribution in [2.75, 3.05) is 6.54 Å². The summed E-state index contributed by atoms with van der Waals surface area (Å²) in [5, 5.41) is 11.7. The van der Waals surface area contributed by atoms with Crippen molar-refractivity contribution in [2.45, 2.75) is 27.7 Å². The Bertz CT molecular complexity index is 476. The van der Waals surface area contributed by atoms with E-state index in [-0.39, 0.29) is 11.6 Å². The van der Waals surface area contributed by atoms with Gasteiger partial charge in [-0.15, -0.1) is 0 Å². The summed E-state index contributed by atoms with van der Waals surface area (Å²) in [6, 6.07) is 2.80. The topological polar surface area (TPSA) is 79.3 Å². The number of nitrogens with zero attached hydrogens (tertiary/aromatic N) is 1. The number of hydrogen-bond acceptors (Lipinski definition) is 3. The zero-order chi connectivity index (χ0) is 15.3. The standard InChI is InChI=1S/C15H22N2O3/c1-9(2)12(10(3)4)8-17-14(18)11-5-6-16-13(7-11)15(19)20/h5-7,9-10,12H,8H2,1-4H3,(H,17,18)(H,19,20). The van der Waals surface area contributed by atoms with Crippen LogP contribution in [0.1, 0.15) is 48.5 Å². The average molecular weight is 278 g/mol. The van der Waals surface area contributed by atoms with Crippen LogP contribution in [0.3, 0.4) is 0 Å². The zero-order valence-electron chi connectivity index (χ0n) is 12.4. The Hall–Kier alpha value is -1.91. The van der Waals surface area contributed by atoms with Crippen molar-refractivity contribution < 1.29 is 14.7 Å². The maximum absolute atomic E-state index is 12.0. The van der Waals surface area contributed by atoms with Crippen LogP contribution in [-0.4, -0.2) is 28.5 Å². The predicted octanol–water partition coefficient (Wildman–Crippen LogP) is 2.44. The van der Waals surface area contributed by atoms with Crippen molar-refractivity contribution in [2.24, 2.45) is 17.8 Å². The largest absolute Gasteiger partial charge is 0.477 e. The van der Waals surface area contributed by atoms with Crippen LogP contribution in [0.4, 0.5) is 0 Å². The Balaban J connectivity index is 2.72. The van der Waals surface area contributed by atoms with Crippen LogP contribution >= 0.6 is 0 Å². The average Bonchev–Trinajstić information content (AvgIpc) is 2.38. The summed E-state index contributed by atoms with van der Waals surface area (Å²) >= 11 is 0. The first kappa shape index (κ1) is 16.1. The molecule has 0 saturated heterocycles. The molecule has 1 rings (SSSR count). The molecule has 20 heavy (non-hydrogen) atoms. The van der Waals surface area contributed by atoms with Crippen LogP contribution in [0.15, 0.2) is 18.3 Å². The molecule has 0 bridgehead atoms. The lowest BCUT2D eigenvalue weighted by molar-refractivity contribution is 0.0690. The van der Waals surface area contributed by atoms with E-state index in [9.17, 15) is 9.59 Å². The normalized spacial score (nSPS) is 11.2. The number of aromatic nitrogens is 1. The molecule has 0 spiro atoms. The number of carbonyl (C=O) groups excluding carboxylic acids is 1. The second kappa shape index (κ2) is 7.03. The SMILES string of the molecule is CC(C)C(CNC(=O)c1ccnc(C(=O)O)c1)C(C)C. The minimum atomic E-state index is -1.14. The van der Waals surface area contributed by atoms with Gasteiger partial charge in [-0.1, -0.05) is 27.7 Å². The molecule has 0 aliphatic rings. The molecule has 1 heterocycles. The lowest BCUT2D eigenvalue weighted by atomic mass is 9.85. The Labute approximate surface area is 119 Å². The van der Waals surface area contributed by atoms with E-state index in [0.717, 1.165) is 0 Å². The summed E-state index contributed by atoms with van der Waals surface area (Å²) in [6.45, 7) is 9.11. The number of pyridine rings is 1. The summed E-state index contributed by atoms with van der Waals surface area (Å²) in [6.07, 6.45) is 1.33. The predicted molar refractivity (Wildman–Crippen MR) is 76.7 cm³/mol. The molecule has 110 valence electrons.